The third-order valence-corrected chi connectivity index (χ3v) is 3.09. The Morgan fingerprint density at radius 3 is 2.59 bits per heavy atom. The summed E-state index contributed by atoms with van der Waals surface area (Å²) in [6.07, 6.45) is 4.24. The molecule has 2 rings (SSSR count). The van der Waals surface area contributed by atoms with Gasteiger partial charge in [0, 0.05) is 12.2 Å². The van der Waals surface area contributed by atoms with Crippen LogP contribution in [0.2, 0.25) is 0 Å². The normalized spacial score (nSPS) is 10.5. The smallest absolute Gasteiger partial charge is 0.407 e. The molecular formula is C18H20N2O2. The van der Waals surface area contributed by atoms with Crippen molar-refractivity contribution in [1.29, 1.82) is 0 Å². The highest BCUT2D eigenvalue weighted by molar-refractivity contribution is 5.67. The number of nitrogens with two attached hydrogens (primary N) is 1. The molecule has 2 aromatic rings. The van der Waals surface area contributed by atoms with Crippen LogP contribution >= 0.6 is 0 Å². The Morgan fingerprint density at radius 1 is 1.09 bits per heavy atom. The summed E-state index contributed by atoms with van der Waals surface area (Å²) in [5, 5.41) is 2.71. The predicted molar refractivity (Wildman–Crippen MR) is 89.1 cm³/mol. The summed E-state index contributed by atoms with van der Waals surface area (Å²) in [7, 11) is 0. The lowest BCUT2D eigenvalue weighted by Gasteiger charge is -2.06. The molecule has 0 aliphatic rings. The van der Waals surface area contributed by atoms with E-state index in [4.69, 9.17) is 10.5 Å². The lowest BCUT2D eigenvalue weighted by atomic mass is 10.1. The Labute approximate surface area is 130 Å². The number of nitrogen functional groups attached to an aromatic ring is 1. The molecule has 0 atom stereocenters. The number of alkyl carbamates (subject to hydrolysis) is 1. The van der Waals surface area contributed by atoms with Crippen LogP contribution in [0.5, 0.6) is 0 Å². The quantitative estimate of drug-likeness (QED) is 0.632. The molecule has 0 spiro atoms. The molecular weight excluding hydrogens is 276 g/mol. The van der Waals surface area contributed by atoms with Gasteiger partial charge in [-0.1, -0.05) is 60.7 Å². The van der Waals surface area contributed by atoms with Gasteiger partial charge in [-0.15, -0.1) is 0 Å². The van der Waals surface area contributed by atoms with Crippen molar-refractivity contribution in [3.8, 4) is 0 Å². The van der Waals surface area contributed by atoms with Gasteiger partial charge in [-0.2, -0.15) is 0 Å². The fraction of sp³-hybridized carbons (Fsp3) is 0.167. The van der Waals surface area contributed by atoms with Crippen LogP contribution in [-0.2, 0) is 11.3 Å². The van der Waals surface area contributed by atoms with Crippen LogP contribution in [0.15, 0.2) is 60.7 Å². The second-order valence-corrected chi connectivity index (χ2v) is 4.81. The molecule has 0 radical (unpaired) electrons. The first-order valence-corrected chi connectivity index (χ1v) is 7.21. The minimum atomic E-state index is -0.406. The van der Waals surface area contributed by atoms with E-state index in [0.29, 0.717) is 6.54 Å². The minimum Gasteiger partial charge on any atom is -0.445 e. The Bertz CT molecular complexity index is 624. The van der Waals surface area contributed by atoms with Gasteiger partial charge >= 0.3 is 6.09 Å². The summed E-state index contributed by atoms with van der Waals surface area (Å²) in [6, 6.07) is 17.2. The standard InChI is InChI=1S/C18H20N2O2/c19-17-12-5-4-10-16(17)11-6-7-13-20-18(21)22-14-15-8-2-1-3-9-15/h1-6,8-12H,7,13-14,19H2,(H,20,21). The van der Waals surface area contributed by atoms with E-state index in [2.05, 4.69) is 5.32 Å². The van der Waals surface area contributed by atoms with Gasteiger partial charge in [0.15, 0.2) is 0 Å². The summed E-state index contributed by atoms with van der Waals surface area (Å²) in [5.74, 6) is 0. The molecule has 114 valence electrons. The van der Waals surface area contributed by atoms with Gasteiger partial charge in [-0.25, -0.2) is 4.79 Å². The van der Waals surface area contributed by atoms with E-state index < -0.39 is 6.09 Å². The number of para-hydroxylation sites is 1. The minimum absolute atomic E-state index is 0.281. The van der Waals surface area contributed by atoms with E-state index in [-0.39, 0.29) is 6.61 Å². The van der Waals surface area contributed by atoms with Gasteiger partial charge < -0.3 is 15.8 Å². The number of nitrogens with one attached hydrogen (secondary N) is 1. The lowest BCUT2D eigenvalue weighted by molar-refractivity contribution is 0.140. The molecule has 22 heavy (non-hydrogen) atoms. The van der Waals surface area contributed by atoms with E-state index in [1.165, 1.54) is 0 Å². The fourth-order valence-corrected chi connectivity index (χ4v) is 1.90. The lowest BCUT2D eigenvalue weighted by Crippen LogP contribution is -2.24. The van der Waals surface area contributed by atoms with Crippen molar-refractivity contribution in [2.24, 2.45) is 0 Å². The van der Waals surface area contributed by atoms with E-state index in [1.54, 1.807) is 0 Å². The zero-order valence-electron chi connectivity index (χ0n) is 12.4. The summed E-state index contributed by atoms with van der Waals surface area (Å²) < 4.78 is 5.12. The van der Waals surface area contributed by atoms with E-state index in [0.717, 1.165) is 23.2 Å². The SMILES string of the molecule is Nc1ccccc1C=CCCNC(=O)OCc1ccccc1. The van der Waals surface area contributed by atoms with Crippen molar-refractivity contribution >= 4 is 17.9 Å². The van der Waals surface area contributed by atoms with Crippen molar-refractivity contribution in [1.82, 2.24) is 5.32 Å². The van der Waals surface area contributed by atoms with Gasteiger partial charge in [0.25, 0.3) is 0 Å². The van der Waals surface area contributed by atoms with Crippen LogP contribution in [0.25, 0.3) is 6.08 Å². The molecule has 0 heterocycles. The van der Waals surface area contributed by atoms with Crippen LogP contribution in [-0.4, -0.2) is 12.6 Å². The monoisotopic (exact) mass is 296 g/mol. The van der Waals surface area contributed by atoms with Gasteiger partial charge in [0.05, 0.1) is 0 Å². The highest BCUT2D eigenvalue weighted by Gasteiger charge is 2.00. The van der Waals surface area contributed by atoms with Crippen LogP contribution < -0.4 is 11.1 Å². The van der Waals surface area contributed by atoms with Crippen molar-refractivity contribution in [3.63, 3.8) is 0 Å². The molecule has 4 nitrogen and oxygen atoms in total. The number of benzene rings is 2. The molecule has 2 aromatic carbocycles. The van der Waals surface area contributed by atoms with Gasteiger partial charge in [-0.3, -0.25) is 0 Å². The Morgan fingerprint density at radius 2 is 1.82 bits per heavy atom. The zero-order valence-corrected chi connectivity index (χ0v) is 12.4. The summed E-state index contributed by atoms with van der Waals surface area (Å²) in [5.41, 5.74) is 8.53. The Balaban J connectivity index is 1.64. The molecule has 0 bridgehead atoms. The van der Waals surface area contributed by atoms with E-state index in [1.807, 2.05) is 66.7 Å². The molecule has 3 N–H and O–H groups in total. The first-order valence-electron chi connectivity index (χ1n) is 7.21. The van der Waals surface area contributed by atoms with Crippen LogP contribution in [0.3, 0.4) is 0 Å². The highest BCUT2D eigenvalue weighted by atomic mass is 16.5. The van der Waals surface area contributed by atoms with Crippen molar-refractivity contribution in [2.45, 2.75) is 13.0 Å². The number of ether oxygens (including phenoxy) is 1. The van der Waals surface area contributed by atoms with Gasteiger partial charge in [0.1, 0.15) is 6.61 Å². The number of hydrogen-bond acceptors (Lipinski definition) is 3. The second kappa shape index (κ2) is 8.52. The fourth-order valence-electron chi connectivity index (χ4n) is 1.90. The maximum Gasteiger partial charge on any atom is 0.407 e. The molecule has 0 aliphatic heterocycles. The molecule has 0 saturated heterocycles. The summed E-state index contributed by atoms with van der Waals surface area (Å²) in [4.78, 5) is 11.5. The van der Waals surface area contributed by atoms with Gasteiger partial charge in [0.2, 0.25) is 0 Å². The van der Waals surface area contributed by atoms with E-state index >= 15 is 0 Å². The van der Waals surface area contributed by atoms with Crippen molar-refractivity contribution in [2.75, 3.05) is 12.3 Å². The predicted octanol–water partition coefficient (Wildman–Crippen LogP) is 3.60. The average Bonchev–Trinajstić information content (AvgIpc) is 2.55. The van der Waals surface area contributed by atoms with Crippen molar-refractivity contribution in [3.05, 3.63) is 71.8 Å². The molecule has 0 aromatic heterocycles. The molecule has 1 amide bonds. The third-order valence-electron chi connectivity index (χ3n) is 3.09. The molecule has 0 saturated carbocycles. The largest absolute Gasteiger partial charge is 0.445 e. The van der Waals surface area contributed by atoms with Crippen LogP contribution in [0, 0.1) is 0 Å². The first-order chi connectivity index (χ1) is 10.8. The first kappa shape index (κ1) is 15.6. The second-order valence-electron chi connectivity index (χ2n) is 4.81. The number of rotatable bonds is 6. The Kier molecular flexibility index (Phi) is 6.05. The van der Waals surface area contributed by atoms with Crippen molar-refractivity contribution < 1.29 is 9.53 Å². The van der Waals surface area contributed by atoms with Crippen LogP contribution in [0.4, 0.5) is 10.5 Å². The van der Waals surface area contributed by atoms with E-state index in [9.17, 15) is 4.79 Å². The molecule has 4 heteroatoms. The Hall–Kier alpha value is -2.75. The number of carbonyl (C=O) groups is 1. The molecule has 0 unspecified atom stereocenters. The van der Waals surface area contributed by atoms with Crippen LogP contribution in [0.1, 0.15) is 17.5 Å². The molecule has 0 fully saturated rings. The average molecular weight is 296 g/mol. The maximum atomic E-state index is 11.5. The van der Waals surface area contributed by atoms with Gasteiger partial charge in [-0.05, 0) is 23.6 Å². The summed E-state index contributed by atoms with van der Waals surface area (Å²) >= 11 is 0. The number of anilines is 1. The molecule has 0 aliphatic carbocycles. The number of hydrogen-bond donors (Lipinski definition) is 2. The number of carbonyl (C=O) groups excluding carboxylic acids is 1. The number of amides is 1. The highest BCUT2D eigenvalue weighted by Crippen LogP contribution is 2.12. The third kappa shape index (κ3) is 5.32. The topological polar surface area (TPSA) is 64.3 Å². The summed E-state index contributed by atoms with van der Waals surface area (Å²) in [6.45, 7) is 0.805. The maximum absolute atomic E-state index is 11.5. The zero-order chi connectivity index (χ0) is 15.6.